The first-order valence-electron chi connectivity index (χ1n) is 5.55. The Balaban J connectivity index is 2.52. The molecule has 5 nitrogen and oxygen atoms in total. The second-order valence-electron chi connectivity index (χ2n) is 4.18. The van der Waals surface area contributed by atoms with E-state index in [1.54, 1.807) is 33.5 Å². The molecule has 0 saturated carbocycles. The number of aldehydes is 1. The highest BCUT2D eigenvalue weighted by Gasteiger charge is 2.41. The van der Waals surface area contributed by atoms with Gasteiger partial charge in [-0.1, -0.05) is 0 Å². The van der Waals surface area contributed by atoms with E-state index in [2.05, 4.69) is 0 Å². The molecule has 0 N–H and O–H groups in total. The first-order chi connectivity index (χ1) is 8.70. The van der Waals surface area contributed by atoms with Crippen molar-refractivity contribution in [1.29, 1.82) is 0 Å². The van der Waals surface area contributed by atoms with Gasteiger partial charge in [-0.3, -0.25) is 0 Å². The number of hydrogen-bond acceptors (Lipinski definition) is 5. The van der Waals surface area contributed by atoms with Crippen LogP contribution in [0.5, 0.6) is 17.2 Å². The van der Waals surface area contributed by atoms with E-state index in [9.17, 15) is 4.79 Å². The summed E-state index contributed by atoms with van der Waals surface area (Å²) >= 11 is 0. The molecule has 0 bridgehead atoms. The lowest BCUT2D eigenvalue weighted by Crippen LogP contribution is -2.48. The molecular formula is C13H16O5. The van der Waals surface area contributed by atoms with E-state index in [-0.39, 0.29) is 0 Å². The SMILES string of the molecule is COc1cc(C2(C=O)COC2)cc(OC)c1OC. The predicted octanol–water partition coefficient (Wildman–Crippen LogP) is 1.18. The molecule has 0 spiro atoms. The van der Waals surface area contributed by atoms with Gasteiger partial charge in [-0.15, -0.1) is 0 Å². The molecule has 1 aromatic rings. The fraction of sp³-hybridized carbons (Fsp3) is 0.462. The third-order valence-electron chi connectivity index (χ3n) is 3.18. The van der Waals surface area contributed by atoms with Crippen molar-refractivity contribution >= 4 is 6.29 Å². The molecule has 98 valence electrons. The molecule has 0 atom stereocenters. The third-order valence-corrected chi connectivity index (χ3v) is 3.18. The summed E-state index contributed by atoms with van der Waals surface area (Å²) in [4.78, 5) is 11.3. The summed E-state index contributed by atoms with van der Waals surface area (Å²) in [6.07, 6.45) is 0.914. The summed E-state index contributed by atoms with van der Waals surface area (Å²) in [6, 6.07) is 3.58. The zero-order valence-electron chi connectivity index (χ0n) is 10.7. The maximum Gasteiger partial charge on any atom is 0.203 e. The number of carbonyl (C=O) groups excluding carboxylic acids is 1. The second-order valence-corrected chi connectivity index (χ2v) is 4.18. The first kappa shape index (κ1) is 12.7. The van der Waals surface area contributed by atoms with Gasteiger partial charge in [0.15, 0.2) is 11.5 Å². The van der Waals surface area contributed by atoms with Crippen molar-refractivity contribution in [2.24, 2.45) is 0 Å². The number of ether oxygens (including phenoxy) is 4. The van der Waals surface area contributed by atoms with Crippen LogP contribution in [0.3, 0.4) is 0 Å². The summed E-state index contributed by atoms with van der Waals surface area (Å²) in [5.74, 6) is 1.60. The summed E-state index contributed by atoms with van der Waals surface area (Å²) in [5, 5.41) is 0. The number of benzene rings is 1. The van der Waals surface area contributed by atoms with Crippen molar-refractivity contribution in [1.82, 2.24) is 0 Å². The van der Waals surface area contributed by atoms with Crippen LogP contribution in [0.4, 0.5) is 0 Å². The van der Waals surface area contributed by atoms with Crippen LogP contribution in [-0.2, 0) is 14.9 Å². The monoisotopic (exact) mass is 252 g/mol. The van der Waals surface area contributed by atoms with E-state index in [0.29, 0.717) is 30.5 Å². The summed E-state index contributed by atoms with van der Waals surface area (Å²) in [6.45, 7) is 0.768. The Labute approximate surface area is 106 Å². The Morgan fingerprint density at radius 1 is 1.11 bits per heavy atom. The van der Waals surface area contributed by atoms with Gasteiger partial charge in [0.25, 0.3) is 0 Å². The summed E-state index contributed by atoms with van der Waals surface area (Å²) in [5.41, 5.74) is 0.227. The number of methoxy groups -OCH3 is 3. The quantitative estimate of drug-likeness (QED) is 0.736. The van der Waals surface area contributed by atoms with E-state index in [1.165, 1.54) is 0 Å². The molecule has 5 heteroatoms. The maximum atomic E-state index is 11.3. The molecule has 1 aromatic carbocycles. The van der Waals surface area contributed by atoms with E-state index >= 15 is 0 Å². The predicted molar refractivity (Wildman–Crippen MR) is 64.7 cm³/mol. The van der Waals surface area contributed by atoms with Crippen LogP contribution in [0.15, 0.2) is 12.1 Å². The van der Waals surface area contributed by atoms with Crippen molar-refractivity contribution < 1.29 is 23.7 Å². The molecule has 2 rings (SSSR count). The minimum atomic E-state index is -0.590. The Bertz CT molecular complexity index is 426. The van der Waals surface area contributed by atoms with Crippen molar-refractivity contribution in [2.75, 3.05) is 34.5 Å². The smallest absolute Gasteiger partial charge is 0.203 e. The van der Waals surface area contributed by atoms with Crippen molar-refractivity contribution in [3.8, 4) is 17.2 Å². The molecule has 0 aromatic heterocycles. The molecule has 0 unspecified atom stereocenters. The highest BCUT2D eigenvalue weighted by molar-refractivity contribution is 5.72. The lowest BCUT2D eigenvalue weighted by molar-refractivity contribution is -0.129. The molecule has 1 aliphatic rings. The zero-order chi connectivity index (χ0) is 13.2. The molecule has 1 saturated heterocycles. The maximum absolute atomic E-state index is 11.3. The van der Waals surface area contributed by atoms with Crippen molar-refractivity contribution in [3.63, 3.8) is 0 Å². The van der Waals surface area contributed by atoms with Gasteiger partial charge in [-0.05, 0) is 17.7 Å². The molecule has 0 aliphatic carbocycles. The van der Waals surface area contributed by atoms with Crippen molar-refractivity contribution in [2.45, 2.75) is 5.41 Å². The van der Waals surface area contributed by atoms with Gasteiger partial charge >= 0.3 is 0 Å². The van der Waals surface area contributed by atoms with E-state index in [0.717, 1.165) is 11.8 Å². The fourth-order valence-electron chi connectivity index (χ4n) is 1.99. The number of carbonyl (C=O) groups is 1. The molecule has 1 heterocycles. The zero-order valence-corrected chi connectivity index (χ0v) is 10.7. The lowest BCUT2D eigenvalue weighted by atomic mass is 9.80. The third kappa shape index (κ3) is 1.80. The van der Waals surface area contributed by atoms with E-state index in [4.69, 9.17) is 18.9 Å². The number of hydrogen-bond donors (Lipinski definition) is 0. The van der Waals surface area contributed by atoms with Gasteiger partial charge in [0, 0.05) is 0 Å². The van der Waals surface area contributed by atoms with Crippen LogP contribution in [0.25, 0.3) is 0 Å². The van der Waals surface area contributed by atoms with Crippen molar-refractivity contribution in [3.05, 3.63) is 17.7 Å². The molecule has 0 amide bonds. The van der Waals surface area contributed by atoms with Gasteiger partial charge < -0.3 is 23.7 Å². The van der Waals surface area contributed by atoms with Gasteiger partial charge in [-0.25, -0.2) is 0 Å². The van der Waals surface area contributed by atoms with Crippen LogP contribution in [-0.4, -0.2) is 40.8 Å². The molecule has 18 heavy (non-hydrogen) atoms. The fourth-order valence-corrected chi connectivity index (χ4v) is 1.99. The minimum Gasteiger partial charge on any atom is -0.493 e. The standard InChI is InChI=1S/C13H16O5/c1-15-10-4-9(13(6-14)7-18-8-13)5-11(16-2)12(10)17-3/h4-6H,7-8H2,1-3H3. The Hall–Kier alpha value is -1.75. The van der Waals surface area contributed by atoms with Crippen LogP contribution in [0.1, 0.15) is 5.56 Å². The Morgan fingerprint density at radius 2 is 1.67 bits per heavy atom. The van der Waals surface area contributed by atoms with Gasteiger partial charge in [-0.2, -0.15) is 0 Å². The van der Waals surface area contributed by atoms with Crippen LogP contribution in [0, 0.1) is 0 Å². The first-order valence-corrected chi connectivity index (χ1v) is 5.55. The van der Waals surface area contributed by atoms with Crippen LogP contribution < -0.4 is 14.2 Å². The topological polar surface area (TPSA) is 54.0 Å². The average molecular weight is 252 g/mol. The largest absolute Gasteiger partial charge is 0.493 e. The van der Waals surface area contributed by atoms with Crippen LogP contribution in [0.2, 0.25) is 0 Å². The van der Waals surface area contributed by atoms with Crippen LogP contribution >= 0.6 is 0 Å². The average Bonchev–Trinajstić information content (AvgIpc) is 2.36. The van der Waals surface area contributed by atoms with E-state index < -0.39 is 5.41 Å². The van der Waals surface area contributed by atoms with Gasteiger partial charge in [0.1, 0.15) is 6.29 Å². The minimum absolute atomic E-state index is 0.384. The molecular weight excluding hydrogens is 236 g/mol. The highest BCUT2D eigenvalue weighted by atomic mass is 16.5. The number of rotatable bonds is 5. The normalized spacial score (nSPS) is 16.6. The molecule has 1 fully saturated rings. The summed E-state index contributed by atoms with van der Waals surface area (Å²) < 4.78 is 20.9. The lowest BCUT2D eigenvalue weighted by Gasteiger charge is -2.37. The summed E-state index contributed by atoms with van der Waals surface area (Å²) in [7, 11) is 4.64. The van der Waals surface area contributed by atoms with Gasteiger partial charge in [0.05, 0.1) is 40.0 Å². The van der Waals surface area contributed by atoms with E-state index in [1.807, 2.05) is 0 Å². The Morgan fingerprint density at radius 3 is 1.94 bits per heavy atom. The molecule has 0 radical (unpaired) electrons. The highest BCUT2D eigenvalue weighted by Crippen LogP contribution is 2.42. The second kappa shape index (κ2) is 4.86. The Kier molecular flexibility index (Phi) is 3.43. The van der Waals surface area contributed by atoms with Gasteiger partial charge in [0.2, 0.25) is 5.75 Å². The molecule has 1 aliphatic heterocycles.